The average molecular weight is 323 g/mol. The van der Waals surface area contributed by atoms with Crippen molar-refractivity contribution in [3.63, 3.8) is 0 Å². The normalized spacial score (nSPS) is 22.2. The predicted molar refractivity (Wildman–Crippen MR) is 83.0 cm³/mol. The van der Waals surface area contributed by atoms with Crippen LogP contribution in [-0.2, 0) is 9.53 Å². The lowest BCUT2D eigenvalue weighted by Gasteiger charge is -2.35. The number of rotatable bonds is 2. The van der Waals surface area contributed by atoms with E-state index in [1.165, 1.54) is 11.3 Å². The lowest BCUT2D eigenvalue weighted by Crippen LogP contribution is -2.52. The van der Waals surface area contributed by atoms with Crippen LogP contribution >= 0.6 is 11.3 Å². The van der Waals surface area contributed by atoms with Crippen molar-refractivity contribution in [3.05, 3.63) is 15.6 Å². The number of ether oxygens (including phenoxy) is 1. The summed E-state index contributed by atoms with van der Waals surface area (Å²) in [7, 11) is 0. The van der Waals surface area contributed by atoms with Crippen LogP contribution in [0.25, 0.3) is 0 Å². The Bertz CT molecular complexity index is 573. The second-order valence-corrected chi connectivity index (χ2v) is 6.97. The highest BCUT2D eigenvalue weighted by molar-refractivity contribution is 7.13. The predicted octanol–water partition coefficient (Wildman–Crippen LogP) is 1.22. The Hall–Kier alpha value is -1.47. The third-order valence-electron chi connectivity index (χ3n) is 4.18. The third kappa shape index (κ3) is 3.01. The molecule has 0 N–H and O–H groups in total. The summed E-state index contributed by atoms with van der Waals surface area (Å²) in [6, 6.07) is 0. The van der Waals surface area contributed by atoms with Gasteiger partial charge in [0.05, 0.1) is 10.7 Å². The van der Waals surface area contributed by atoms with Crippen LogP contribution in [-0.4, -0.2) is 65.5 Å². The Kier molecular flexibility index (Phi) is 4.44. The summed E-state index contributed by atoms with van der Waals surface area (Å²) in [5.74, 6) is 0.113. The first-order valence-electron chi connectivity index (χ1n) is 7.70. The first-order valence-corrected chi connectivity index (χ1v) is 8.51. The van der Waals surface area contributed by atoms with Gasteiger partial charge in [0, 0.05) is 32.8 Å². The second kappa shape index (κ2) is 6.34. The molecule has 120 valence electrons. The molecule has 1 aromatic heterocycles. The minimum absolute atomic E-state index is 0.0346. The molecule has 1 unspecified atom stereocenters. The molecule has 1 atom stereocenters. The Morgan fingerprint density at radius 3 is 2.41 bits per heavy atom. The molecule has 0 spiro atoms. The highest BCUT2D eigenvalue weighted by atomic mass is 32.1. The van der Waals surface area contributed by atoms with Crippen molar-refractivity contribution in [1.29, 1.82) is 0 Å². The van der Waals surface area contributed by atoms with E-state index in [9.17, 15) is 9.59 Å². The van der Waals surface area contributed by atoms with Gasteiger partial charge in [-0.2, -0.15) is 0 Å². The third-order valence-corrected chi connectivity index (χ3v) is 5.24. The van der Waals surface area contributed by atoms with E-state index < -0.39 is 0 Å². The molecule has 2 aliphatic heterocycles. The number of amides is 2. The van der Waals surface area contributed by atoms with Gasteiger partial charge in [-0.1, -0.05) is 0 Å². The Labute approximate surface area is 134 Å². The lowest BCUT2D eigenvalue weighted by molar-refractivity contribution is -0.142. The van der Waals surface area contributed by atoms with Crippen LogP contribution in [0, 0.1) is 13.8 Å². The molecule has 3 heterocycles. The molecule has 6 nitrogen and oxygen atoms in total. The van der Waals surface area contributed by atoms with E-state index >= 15 is 0 Å². The van der Waals surface area contributed by atoms with Crippen molar-refractivity contribution < 1.29 is 14.3 Å². The van der Waals surface area contributed by atoms with E-state index in [0.717, 1.165) is 28.4 Å². The molecule has 2 amide bonds. The number of nitrogens with zero attached hydrogens (tertiary/aromatic N) is 3. The fourth-order valence-corrected chi connectivity index (χ4v) is 3.87. The summed E-state index contributed by atoms with van der Waals surface area (Å²) < 4.78 is 5.45. The minimum atomic E-state index is -0.270. The quantitative estimate of drug-likeness (QED) is 0.821. The fraction of sp³-hybridized carbons (Fsp3) is 0.667. The Morgan fingerprint density at radius 1 is 1.18 bits per heavy atom. The number of carbonyl (C=O) groups is 2. The van der Waals surface area contributed by atoms with E-state index in [-0.39, 0.29) is 17.9 Å². The highest BCUT2D eigenvalue weighted by Gasteiger charge is 2.32. The van der Waals surface area contributed by atoms with Crippen molar-refractivity contribution >= 4 is 23.2 Å². The minimum Gasteiger partial charge on any atom is -0.368 e. The van der Waals surface area contributed by atoms with Gasteiger partial charge in [0.2, 0.25) is 0 Å². The standard InChI is InChI=1S/C15H21N3O3S/c1-10-13(22-11(2)16-10)15(20)18-7-5-17(6-8-18)14(19)12-4-3-9-21-12/h12H,3-9H2,1-2H3. The molecule has 2 aliphatic rings. The van der Waals surface area contributed by atoms with Gasteiger partial charge >= 0.3 is 0 Å². The summed E-state index contributed by atoms with van der Waals surface area (Å²) in [4.78, 5) is 33.5. The molecular weight excluding hydrogens is 302 g/mol. The topological polar surface area (TPSA) is 62.7 Å². The van der Waals surface area contributed by atoms with Gasteiger partial charge in [0.25, 0.3) is 11.8 Å². The summed E-state index contributed by atoms with van der Waals surface area (Å²) in [6.07, 6.45) is 1.50. The summed E-state index contributed by atoms with van der Waals surface area (Å²) in [6.45, 7) is 6.78. The van der Waals surface area contributed by atoms with Crippen molar-refractivity contribution in [2.24, 2.45) is 0 Å². The Morgan fingerprint density at radius 2 is 1.86 bits per heavy atom. The van der Waals surface area contributed by atoms with Crippen molar-refractivity contribution in [1.82, 2.24) is 14.8 Å². The maximum Gasteiger partial charge on any atom is 0.265 e. The molecule has 22 heavy (non-hydrogen) atoms. The molecule has 0 aliphatic carbocycles. The number of aryl methyl sites for hydroxylation is 2. The number of carbonyl (C=O) groups excluding carboxylic acids is 2. The zero-order valence-electron chi connectivity index (χ0n) is 13.0. The summed E-state index contributed by atoms with van der Waals surface area (Å²) in [5.41, 5.74) is 0.797. The van der Waals surface area contributed by atoms with Gasteiger partial charge in [-0.3, -0.25) is 9.59 Å². The summed E-state index contributed by atoms with van der Waals surface area (Å²) >= 11 is 1.44. The zero-order chi connectivity index (χ0) is 15.7. The first-order chi connectivity index (χ1) is 10.6. The Balaban J connectivity index is 1.58. The second-order valence-electron chi connectivity index (χ2n) is 5.77. The van der Waals surface area contributed by atoms with Gasteiger partial charge in [-0.05, 0) is 26.7 Å². The molecular formula is C15H21N3O3S. The monoisotopic (exact) mass is 323 g/mol. The molecule has 0 saturated carbocycles. The molecule has 0 bridgehead atoms. The van der Waals surface area contributed by atoms with E-state index in [4.69, 9.17) is 4.74 Å². The van der Waals surface area contributed by atoms with E-state index in [2.05, 4.69) is 4.98 Å². The van der Waals surface area contributed by atoms with E-state index in [1.807, 2.05) is 23.6 Å². The number of piperazine rings is 1. The average Bonchev–Trinajstić information content (AvgIpc) is 3.15. The van der Waals surface area contributed by atoms with E-state index in [1.54, 1.807) is 0 Å². The van der Waals surface area contributed by atoms with Gasteiger partial charge in [-0.25, -0.2) is 4.98 Å². The van der Waals surface area contributed by atoms with Gasteiger partial charge in [0.1, 0.15) is 11.0 Å². The number of hydrogen-bond donors (Lipinski definition) is 0. The molecule has 2 saturated heterocycles. The van der Waals surface area contributed by atoms with Crippen LogP contribution in [0.1, 0.15) is 33.2 Å². The highest BCUT2D eigenvalue weighted by Crippen LogP contribution is 2.21. The van der Waals surface area contributed by atoms with Gasteiger partial charge in [-0.15, -0.1) is 11.3 Å². The van der Waals surface area contributed by atoms with Crippen molar-refractivity contribution in [3.8, 4) is 0 Å². The molecule has 0 radical (unpaired) electrons. The number of aromatic nitrogens is 1. The van der Waals surface area contributed by atoms with Crippen LogP contribution in [0.15, 0.2) is 0 Å². The first kappa shape index (κ1) is 15.4. The summed E-state index contributed by atoms with van der Waals surface area (Å²) in [5, 5.41) is 0.910. The smallest absolute Gasteiger partial charge is 0.265 e. The maximum absolute atomic E-state index is 12.5. The molecule has 0 aromatic carbocycles. The van der Waals surface area contributed by atoms with Crippen LogP contribution in [0.3, 0.4) is 0 Å². The number of thiazole rings is 1. The molecule has 7 heteroatoms. The van der Waals surface area contributed by atoms with Crippen LogP contribution in [0.5, 0.6) is 0 Å². The van der Waals surface area contributed by atoms with Crippen LogP contribution in [0.2, 0.25) is 0 Å². The largest absolute Gasteiger partial charge is 0.368 e. The van der Waals surface area contributed by atoms with Crippen LogP contribution < -0.4 is 0 Å². The van der Waals surface area contributed by atoms with Crippen molar-refractivity contribution in [2.45, 2.75) is 32.8 Å². The van der Waals surface area contributed by atoms with Crippen molar-refractivity contribution in [2.75, 3.05) is 32.8 Å². The number of hydrogen-bond acceptors (Lipinski definition) is 5. The molecule has 2 fully saturated rings. The molecule has 1 aromatic rings. The van der Waals surface area contributed by atoms with Crippen LogP contribution in [0.4, 0.5) is 0 Å². The molecule has 3 rings (SSSR count). The zero-order valence-corrected chi connectivity index (χ0v) is 13.8. The van der Waals surface area contributed by atoms with Gasteiger partial charge in [0.15, 0.2) is 0 Å². The van der Waals surface area contributed by atoms with E-state index in [0.29, 0.717) is 32.8 Å². The fourth-order valence-electron chi connectivity index (χ4n) is 2.98. The SMILES string of the molecule is Cc1nc(C)c(C(=O)N2CCN(C(=O)C3CCCO3)CC2)s1. The maximum atomic E-state index is 12.5. The van der Waals surface area contributed by atoms with Gasteiger partial charge < -0.3 is 14.5 Å². The lowest BCUT2D eigenvalue weighted by atomic mass is 10.2.